The lowest BCUT2D eigenvalue weighted by molar-refractivity contribution is 0.281. The second-order valence-electron chi connectivity index (χ2n) is 5.03. The third kappa shape index (κ3) is 4.27. The van der Waals surface area contributed by atoms with Crippen LogP contribution in [0, 0.1) is 5.82 Å². The first-order valence-electron chi connectivity index (χ1n) is 6.95. The molecule has 1 aliphatic heterocycles. The number of hydrogen-bond acceptors (Lipinski definition) is 4. The summed E-state index contributed by atoms with van der Waals surface area (Å²) in [6.07, 6.45) is 2.81. The zero-order valence-electron chi connectivity index (χ0n) is 11.7. The van der Waals surface area contributed by atoms with Gasteiger partial charge in [-0.1, -0.05) is 6.07 Å². The molecule has 1 saturated heterocycles. The fourth-order valence-corrected chi connectivity index (χ4v) is 2.42. The Morgan fingerprint density at radius 1 is 1.29 bits per heavy atom. The van der Waals surface area contributed by atoms with Gasteiger partial charge in [-0.15, -0.1) is 12.4 Å². The van der Waals surface area contributed by atoms with Gasteiger partial charge in [-0.2, -0.15) is 0 Å². The smallest absolute Gasteiger partial charge is 0.226 e. The fourth-order valence-electron chi connectivity index (χ4n) is 2.42. The second kappa shape index (κ2) is 7.54. The Morgan fingerprint density at radius 2 is 2.19 bits per heavy atom. The molecule has 114 valence electrons. The van der Waals surface area contributed by atoms with E-state index in [2.05, 4.69) is 15.2 Å². The predicted molar refractivity (Wildman–Crippen MR) is 81.9 cm³/mol. The molecule has 1 aromatic heterocycles. The van der Waals surface area contributed by atoms with Crippen molar-refractivity contribution in [2.45, 2.75) is 13.0 Å². The van der Waals surface area contributed by atoms with Gasteiger partial charge in [-0.05, 0) is 37.7 Å². The minimum absolute atomic E-state index is 0. The van der Waals surface area contributed by atoms with Crippen molar-refractivity contribution in [3.05, 3.63) is 42.0 Å². The van der Waals surface area contributed by atoms with E-state index < -0.39 is 0 Å². The summed E-state index contributed by atoms with van der Waals surface area (Å²) in [7, 11) is 0. The van der Waals surface area contributed by atoms with Crippen molar-refractivity contribution in [2.24, 2.45) is 0 Å². The van der Waals surface area contributed by atoms with Crippen molar-refractivity contribution in [3.63, 3.8) is 0 Å². The first kappa shape index (κ1) is 15.9. The van der Waals surface area contributed by atoms with E-state index in [4.69, 9.17) is 4.42 Å². The quantitative estimate of drug-likeness (QED) is 0.946. The van der Waals surface area contributed by atoms with E-state index in [1.807, 2.05) is 0 Å². The van der Waals surface area contributed by atoms with Crippen LogP contribution in [0.4, 0.5) is 4.39 Å². The van der Waals surface area contributed by atoms with Gasteiger partial charge in [0.05, 0.1) is 5.69 Å². The van der Waals surface area contributed by atoms with Crippen molar-refractivity contribution in [2.75, 3.05) is 26.2 Å². The molecule has 1 aromatic carbocycles. The molecule has 3 rings (SSSR count). The summed E-state index contributed by atoms with van der Waals surface area (Å²) in [6, 6.07) is 6.31. The maximum absolute atomic E-state index is 13.2. The summed E-state index contributed by atoms with van der Waals surface area (Å²) in [6.45, 7) is 4.94. The summed E-state index contributed by atoms with van der Waals surface area (Å²) in [5, 5.41) is 3.37. The average Bonchev–Trinajstić information content (AvgIpc) is 2.75. The summed E-state index contributed by atoms with van der Waals surface area (Å²) in [5.41, 5.74) is 1.57. The number of nitrogens with zero attached hydrogens (tertiary/aromatic N) is 2. The lowest BCUT2D eigenvalue weighted by atomic mass is 10.2. The Morgan fingerprint density at radius 3 is 3.05 bits per heavy atom. The molecular formula is C15H19ClFN3O. The van der Waals surface area contributed by atoms with E-state index in [1.165, 1.54) is 12.1 Å². The van der Waals surface area contributed by atoms with Gasteiger partial charge < -0.3 is 9.73 Å². The monoisotopic (exact) mass is 311 g/mol. The van der Waals surface area contributed by atoms with Gasteiger partial charge in [0, 0.05) is 25.2 Å². The van der Waals surface area contributed by atoms with E-state index in [0.29, 0.717) is 11.5 Å². The van der Waals surface area contributed by atoms with E-state index in [0.717, 1.165) is 44.8 Å². The van der Waals surface area contributed by atoms with Crippen LogP contribution in [0.1, 0.15) is 12.1 Å². The zero-order valence-corrected chi connectivity index (χ0v) is 12.5. The van der Waals surface area contributed by atoms with Crippen LogP contribution in [-0.2, 0) is 6.54 Å². The number of rotatable bonds is 3. The molecule has 0 amide bonds. The van der Waals surface area contributed by atoms with Crippen molar-refractivity contribution in [1.82, 2.24) is 15.2 Å². The van der Waals surface area contributed by atoms with Gasteiger partial charge in [0.1, 0.15) is 12.1 Å². The van der Waals surface area contributed by atoms with E-state index in [1.54, 1.807) is 18.4 Å². The summed E-state index contributed by atoms with van der Waals surface area (Å²) in [5.74, 6) is 0.202. The Bertz CT molecular complexity index is 568. The van der Waals surface area contributed by atoms with Gasteiger partial charge in [0.2, 0.25) is 5.89 Å². The van der Waals surface area contributed by atoms with E-state index in [9.17, 15) is 4.39 Å². The lowest BCUT2D eigenvalue weighted by Gasteiger charge is -2.17. The first-order valence-corrected chi connectivity index (χ1v) is 6.95. The highest BCUT2D eigenvalue weighted by atomic mass is 35.5. The van der Waals surface area contributed by atoms with Crippen molar-refractivity contribution in [1.29, 1.82) is 0 Å². The van der Waals surface area contributed by atoms with Gasteiger partial charge in [0.25, 0.3) is 0 Å². The first-order chi connectivity index (χ1) is 9.81. The average molecular weight is 312 g/mol. The van der Waals surface area contributed by atoms with Crippen molar-refractivity contribution in [3.8, 4) is 11.5 Å². The fraction of sp³-hybridized carbons (Fsp3) is 0.400. The summed E-state index contributed by atoms with van der Waals surface area (Å²) in [4.78, 5) is 6.81. The van der Waals surface area contributed by atoms with E-state index >= 15 is 0 Å². The number of oxazole rings is 1. The third-order valence-electron chi connectivity index (χ3n) is 3.44. The van der Waals surface area contributed by atoms with Crippen LogP contribution in [0.25, 0.3) is 11.5 Å². The molecule has 0 spiro atoms. The number of halogens is 2. The minimum Gasteiger partial charge on any atom is -0.444 e. The van der Waals surface area contributed by atoms with Crippen LogP contribution >= 0.6 is 12.4 Å². The highest BCUT2D eigenvalue weighted by Crippen LogP contribution is 2.20. The molecule has 21 heavy (non-hydrogen) atoms. The summed E-state index contributed by atoms with van der Waals surface area (Å²) >= 11 is 0. The van der Waals surface area contributed by atoms with Crippen molar-refractivity contribution >= 4 is 12.4 Å². The normalized spacial score (nSPS) is 16.2. The molecule has 0 saturated carbocycles. The Balaban J connectivity index is 0.00000161. The van der Waals surface area contributed by atoms with E-state index in [-0.39, 0.29) is 18.2 Å². The van der Waals surface area contributed by atoms with Crippen LogP contribution in [0.15, 0.2) is 34.9 Å². The standard InChI is InChI=1S/C15H18FN3O.ClH/c16-13-4-1-3-12(9-13)15-18-14(11-20-15)10-19-7-2-5-17-6-8-19;/h1,3-4,9,11,17H,2,5-8,10H2;1H. The van der Waals surface area contributed by atoms with Gasteiger partial charge in [-0.3, -0.25) is 4.90 Å². The molecule has 0 bridgehead atoms. The Kier molecular flexibility index (Phi) is 5.73. The van der Waals surface area contributed by atoms with Crippen LogP contribution in [0.5, 0.6) is 0 Å². The Hall–Kier alpha value is -1.43. The minimum atomic E-state index is -0.277. The highest BCUT2D eigenvalue weighted by Gasteiger charge is 2.13. The van der Waals surface area contributed by atoms with Crippen LogP contribution < -0.4 is 5.32 Å². The largest absolute Gasteiger partial charge is 0.444 e. The molecule has 6 heteroatoms. The number of benzene rings is 1. The molecule has 0 radical (unpaired) electrons. The topological polar surface area (TPSA) is 41.3 Å². The molecule has 2 aromatic rings. The highest BCUT2D eigenvalue weighted by molar-refractivity contribution is 5.85. The molecule has 0 atom stereocenters. The molecular weight excluding hydrogens is 293 g/mol. The lowest BCUT2D eigenvalue weighted by Crippen LogP contribution is -2.27. The third-order valence-corrected chi connectivity index (χ3v) is 3.44. The second-order valence-corrected chi connectivity index (χ2v) is 5.03. The molecule has 0 unspecified atom stereocenters. The maximum atomic E-state index is 13.2. The molecule has 0 aliphatic carbocycles. The number of nitrogens with one attached hydrogen (secondary N) is 1. The number of hydrogen-bond donors (Lipinski definition) is 1. The molecule has 4 nitrogen and oxygen atoms in total. The van der Waals surface area contributed by atoms with Gasteiger partial charge in [0.15, 0.2) is 0 Å². The SMILES string of the molecule is Cl.Fc1cccc(-c2nc(CN3CCCNCC3)co2)c1. The van der Waals surface area contributed by atoms with Gasteiger partial charge >= 0.3 is 0 Å². The van der Waals surface area contributed by atoms with Crippen molar-refractivity contribution < 1.29 is 8.81 Å². The Labute approximate surface area is 129 Å². The maximum Gasteiger partial charge on any atom is 0.226 e. The zero-order chi connectivity index (χ0) is 13.8. The molecule has 2 heterocycles. The van der Waals surface area contributed by atoms with Crippen LogP contribution in [0.3, 0.4) is 0 Å². The summed E-state index contributed by atoms with van der Waals surface area (Å²) < 4.78 is 18.7. The molecule has 1 aliphatic rings. The molecule has 1 N–H and O–H groups in total. The van der Waals surface area contributed by atoms with Crippen LogP contribution in [0.2, 0.25) is 0 Å². The van der Waals surface area contributed by atoms with Crippen LogP contribution in [-0.4, -0.2) is 36.1 Å². The molecule has 1 fully saturated rings. The number of aromatic nitrogens is 1. The predicted octanol–water partition coefficient (Wildman–Crippen LogP) is 2.70. The van der Waals surface area contributed by atoms with Gasteiger partial charge in [-0.25, -0.2) is 9.37 Å².